The first-order valence-corrected chi connectivity index (χ1v) is 6.71. The summed E-state index contributed by atoms with van der Waals surface area (Å²) in [5, 5.41) is 0. The number of hydrogen-bond donors (Lipinski definition) is 0. The molecule has 0 rings (SSSR count). The van der Waals surface area contributed by atoms with Crippen molar-refractivity contribution in [3.8, 4) is 0 Å². The molecule has 0 aromatic heterocycles. The van der Waals surface area contributed by atoms with Crippen LogP contribution in [0.2, 0.25) is 0 Å². The van der Waals surface area contributed by atoms with E-state index in [0.717, 1.165) is 0 Å². The van der Waals surface area contributed by atoms with Gasteiger partial charge in [-0.2, -0.15) is 0 Å². The molecule has 10 heavy (non-hydrogen) atoms. The standard InChI is InChI=1S/Cd.2H2O3Te.Zn/c;2*1-4(2)3;/h;2*(H2,1,2,3);/q+2;;;+2/p-4. The van der Waals surface area contributed by atoms with Gasteiger partial charge in [0.25, 0.3) is 0 Å². The molecule has 0 radical (unpaired) electrons. The van der Waals surface area contributed by atoms with Crippen LogP contribution < -0.4 is 13.9 Å². The Morgan fingerprint density at radius 2 is 0.800 bits per heavy atom. The Hall–Kier alpha value is 2.56. The van der Waals surface area contributed by atoms with Gasteiger partial charge in [-0.3, -0.25) is 0 Å². The summed E-state index contributed by atoms with van der Waals surface area (Å²) in [7, 11) is 0. The normalized spacial score (nSPS) is 7.00. The number of hydrogen-bond acceptors (Lipinski definition) is 6. The third-order valence-corrected chi connectivity index (χ3v) is 0. The van der Waals surface area contributed by atoms with Crippen molar-refractivity contribution in [3.05, 3.63) is 0 Å². The average Bonchev–Trinajstić information content (AvgIpc) is 1.25. The molecule has 0 amide bonds. The van der Waals surface area contributed by atoms with E-state index in [9.17, 15) is 0 Å². The van der Waals surface area contributed by atoms with Gasteiger partial charge in [-0.25, -0.2) is 0 Å². The summed E-state index contributed by atoms with van der Waals surface area (Å²) >= 11 is -8.21. The van der Waals surface area contributed by atoms with Crippen molar-refractivity contribution in [1.82, 2.24) is 0 Å². The molecule has 0 aliphatic carbocycles. The van der Waals surface area contributed by atoms with Gasteiger partial charge in [0.15, 0.2) is 0 Å². The quantitative estimate of drug-likeness (QED) is 0.288. The minimum atomic E-state index is -4.11. The smallest absolute Gasteiger partial charge is 2.00 e. The summed E-state index contributed by atoms with van der Waals surface area (Å²) in [4.78, 5) is 0. The molecule has 0 fully saturated rings. The SMILES string of the molecule is O=[Te]([O-])[O-].O=[Te]([O-])[O-].[Cd+2].[Zn+2]. The maximum atomic E-state index is 8.59. The van der Waals surface area contributed by atoms with Crippen molar-refractivity contribution in [2.45, 2.75) is 0 Å². The zero-order valence-corrected chi connectivity index (χ0v) is 16.3. The maximum Gasteiger partial charge on any atom is 2.00 e. The molecule has 0 N–H and O–H groups in total. The molecule has 0 aromatic carbocycles. The first-order chi connectivity index (χ1) is 3.46. The maximum absolute atomic E-state index is 8.59. The van der Waals surface area contributed by atoms with E-state index in [1.165, 1.54) is 0 Å². The van der Waals surface area contributed by atoms with Crippen LogP contribution in [-0.4, -0.2) is 40.7 Å². The van der Waals surface area contributed by atoms with E-state index in [1.807, 2.05) is 0 Å². The van der Waals surface area contributed by atoms with E-state index >= 15 is 0 Å². The van der Waals surface area contributed by atoms with Gasteiger partial charge in [-0.1, -0.05) is 0 Å². The van der Waals surface area contributed by atoms with E-state index in [0.29, 0.717) is 0 Å². The molecular formula is CdO6Te2Zn. The van der Waals surface area contributed by atoms with Crippen molar-refractivity contribution >= 4 is 40.7 Å². The van der Waals surface area contributed by atoms with Gasteiger partial charge in [0, 0.05) is 0 Å². The average molecular weight is 529 g/mol. The van der Waals surface area contributed by atoms with Crippen LogP contribution in [0.15, 0.2) is 0 Å². The van der Waals surface area contributed by atoms with Crippen molar-refractivity contribution < 1.29 is 66.9 Å². The Morgan fingerprint density at radius 3 is 0.800 bits per heavy atom. The summed E-state index contributed by atoms with van der Waals surface area (Å²) in [6.07, 6.45) is 0. The van der Waals surface area contributed by atoms with Crippen LogP contribution in [0.3, 0.4) is 0 Å². The minimum absolute atomic E-state index is 0. The van der Waals surface area contributed by atoms with Crippen LogP contribution in [0.25, 0.3) is 0 Å². The fraction of sp³-hybridized carbons (Fsp3) is 0. The summed E-state index contributed by atoms with van der Waals surface area (Å²) in [5.41, 5.74) is 0. The molecule has 52 valence electrons. The molecule has 0 heterocycles. The second-order valence-corrected chi connectivity index (χ2v) is 2.74. The van der Waals surface area contributed by atoms with E-state index in [-0.39, 0.29) is 46.8 Å². The second kappa shape index (κ2) is 17.6. The Bertz CT molecular complexity index is 73.7. The van der Waals surface area contributed by atoms with Crippen LogP contribution in [0.1, 0.15) is 0 Å². The second-order valence-electron chi connectivity index (χ2n) is 0.408. The molecule has 10 heteroatoms. The third-order valence-electron chi connectivity index (χ3n) is 0. The zero-order valence-electron chi connectivity index (χ0n) is 4.68. The van der Waals surface area contributed by atoms with E-state index < -0.39 is 40.7 Å². The first kappa shape index (κ1) is 22.9. The molecule has 0 unspecified atom stereocenters. The summed E-state index contributed by atoms with van der Waals surface area (Å²) in [5.74, 6) is 0. The fourth-order valence-corrected chi connectivity index (χ4v) is 0. The Balaban J connectivity index is -0.0000000300. The van der Waals surface area contributed by atoms with E-state index in [1.54, 1.807) is 0 Å². The minimum Gasteiger partial charge on any atom is 2.00 e. The molecule has 0 bridgehead atoms. The topological polar surface area (TPSA) is 126 Å². The number of rotatable bonds is 0. The molecule has 0 atom stereocenters. The van der Waals surface area contributed by atoms with Gasteiger partial charge in [-0.15, -0.1) is 0 Å². The van der Waals surface area contributed by atoms with Crippen molar-refractivity contribution in [3.63, 3.8) is 0 Å². The van der Waals surface area contributed by atoms with Gasteiger partial charge in [0.1, 0.15) is 0 Å². The molecule has 0 spiro atoms. The van der Waals surface area contributed by atoms with Crippen molar-refractivity contribution in [1.29, 1.82) is 0 Å². The molecule has 6 nitrogen and oxygen atoms in total. The molecule has 0 saturated carbocycles. The summed E-state index contributed by atoms with van der Waals surface area (Å²) in [6.45, 7) is 0. The van der Waals surface area contributed by atoms with Gasteiger partial charge >= 0.3 is 108 Å². The predicted octanol–water partition coefficient (Wildman–Crippen LogP) is -5.76. The van der Waals surface area contributed by atoms with Crippen molar-refractivity contribution in [2.24, 2.45) is 0 Å². The van der Waals surface area contributed by atoms with Gasteiger partial charge in [0.2, 0.25) is 0 Å². The van der Waals surface area contributed by atoms with Crippen LogP contribution in [0.5, 0.6) is 0 Å². The van der Waals surface area contributed by atoms with Gasteiger partial charge in [-0.05, 0) is 0 Å². The Labute approximate surface area is 106 Å². The predicted molar refractivity (Wildman–Crippen MR) is 12.9 cm³/mol. The van der Waals surface area contributed by atoms with Crippen LogP contribution in [0.4, 0.5) is 0 Å². The third kappa shape index (κ3) is 147. The molecule has 0 saturated heterocycles. The molecule has 0 aliphatic rings. The Kier molecular flexibility index (Phi) is 40.3. The first-order valence-electron chi connectivity index (χ1n) is 1.00. The summed E-state index contributed by atoms with van der Waals surface area (Å²) < 4.78 is 51.5. The van der Waals surface area contributed by atoms with Gasteiger partial charge in [0.05, 0.1) is 0 Å². The molecule has 0 aromatic rings. The monoisotopic (exact) mass is 534 g/mol. The van der Waals surface area contributed by atoms with Gasteiger partial charge < -0.3 is 0 Å². The van der Waals surface area contributed by atoms with E-state index in [2.05, 4.69) is 0 Å². The van der Waals surface area contributed by atoms with Crippen LogP contribution in [-0.2, 0) is 53.0 Å². The van der Waals surface area contributed by atoms with Crippen molar-refractivity contribution in [2.75, 3.05) is 0 Å². The largest absolute Gasteiger partial charge is 2.00 e. The Morgan fingerprint density at radius 1 is 0.800 bits per heavy atom. The summed E-state index contributed by atoms with van der Waals surface area (Å²) in [6, 6.07) is 0. The van der Waals surface area contributed by atoms with Crippen LogP contribution >= 0.6 is 0 Å². The molecule has 0 aliphatic heterocycles. The van der Waals surface area contributed by atoms with Crippen LogP contribution in [0, 0.1) is 0 Å². The molecular weight excluding hydrogens is 529 g/mol. The zero-order chi connectivity index (χ0) is 7.15. The fourth-order valence-electron chi connectivity index (χ4n) is 0. The van der Waals surface area contributed by atoms with E-state index in [4.69, 9.17) is 20.1 Å².